The van der Waals surface area contributed by atoms with Crippen LogP contribution in [-0.2, 0) is 0 Å². The molecule has 0 aliphatic carbocycles. The van der Waals surface area contributed by atoms with Crippen LogP contribution in [0.2, 0.25) is 0 Å². The molecule has 0 atom stereocenters. The number of hydrogen-bond donors (Lipinski definition) is 2. The third-order valence-corrected chi connectivity index (χ3v) is 4.46. The van der Waals surface area contributed by atoms with Gasteiger partial charge in [0.2, 0.25) is 0 Å². The molecule has 0 spiro atoms. The summed E-state index contributed by atoms with van der Waals surface area (Å²) in [6.45, 7) is 4.32. The van der Waals surface area contributed by atoms with Gasteiger partial charge in [0.25, 0.3) is 5.91 Å². The number of benzene rings is 1. The first-order valence-corrected chi connectivity index (χ1v) is 9.09. The zero-order chi connectivity index (χ0) is 17.2. The smallest absolute Gasteiger partial charge is 0.317 e. The van der Waals surface area contributed by atoms with Crippen molar-refractivity contribution in [1.82, 2.24) is 15.5 Å². The van der Waals surface area contributed by atoms with Crippen LogP contribution in [0, 0.1) is 0 Å². The lowest BCUT2D eigenvalue weighted by Crippen LogP contribution is -2.49. The summed E-state index contributed by atoms with van der Waals surface area (Å²) in [4.78, 5) is 26.1. The normalized spacial score (nSPS) is 15.1. The Morgan fingerprint density at radius 1 is 1.08 bits per heavy atom. The third kappa shape index (κ3) is 5.87. The molecule has 1 fully saturated rings. The van der Waals surface area contributed by atoms with Gasteiger partial charge in [-0.3, -0.25) is 4.79 Å². The molecule has 0 saturated carbocycles. The van der Waals surface area contributed by atoms with E-state index < -0.39 is 0 Å². The summed E-state index contributed by atoms with van der Waals surface area (Å²) in [5, 5.41) is 6.06. The van der Waals surface area contributed by atoms with Gasteiger partial charge in [0, 0.05) is 31.2 Å². The lowest BCUT2D eigenvalue weighted by Gasteiger charge is -2.32. The van der Waals surface area contributed by atoms with E-state index in [0.29, 0.717) is 18.7 Å². The number of rotatable bonds is 7. The van der Waals surface area contributed by atoms with E-state index in [1.54, 1.807) is 0 Å². The molecule has 24 heavy (non-hydrogen) atoms. The van der Waals surface area contributed by atoms with Crippen LogP contribution in [-0.4, -0.2) is 42.5 Å². The first kappa shape index (κ1) is 18.3. The number of carbonyl (C=O) groups excluding carboxylic acids is 2. The van der Waals surface area contributed by atoms with Crippen LogP contribution in [0.3, 0.4) is 0 Å². The molecule has 0 aromatic heterocycles. The molecule has 1 aromatic carbocycles. The second-order valence-electron chi connectivity index (χ2n) is 6.39. The second-order valence-corrected chi connectivity index (χ2v) is 6.39. The van der Waals surface area contributed by atoms with Gasteiger partial charge in [0.1, 0.15) is 0 Å². The van der Waals surface area contributed by atoms with Gasteiger partial charge in [0.05, 0.1) is 0 Å². The third-order valence-electron chi connectivity index (χ3n) is 4.46. The Hall–Kier alpha value is -2.04. The van der Waals surface area contributed by atoms with E-state index in [1.807, 2.05) is 35.2 Å². The first-order chi connectivity index (χ1) is 11.7. The van der Waals surface area contributed by atoms with Crippen molar-refractivity contribution in [3.8, 4) is 0 Å². The van der Waals surface area contributed by atoms with Crippen molar-refractivity contribution in [2.24, 2.45) is 0 Å². The number of hydrogen-bond acceptors (Lipinski definition) is 2. The molecule has 2 rings (SSSR count). The molecule has 5 heteroatoms. The van der Waals surface area contributed by atoms with Crippen molar-refractivity contribution in [3.05, 3.63) is 35.9 Å². The lowest BCUT2D eigenvalue weighted by atomic mass is 10.0. The maximum absolute atomic E-state index is 12.2. The Labute approximate surface area is 144 Å². The van der Waals surface area contributed by atoms with Crippen molar-refractivity contribution in [2.75, 3.05) is 19.6 Å². The Kier molecular flexibility index (Phi) is 7.59. The van der Waals surface area contributed by atoms with Crippen molar-refractivity contribution in [3.63, 3.8) is 0 Å². The van der Waals surface area contributed by atoms with Gasteiger partial charge < -0.3 is 15.5 Å². The maximum atomic E-state index is 12.2. The van der Waals surface area contributed by atoms with E-state index in [2.05, 4.69) is 17.6 Å². The average Bonchev–Trinajstić information content (AvgIpc) is 2.62. The van der Waals surface area contributed by atoms with Crippen molar-refractivity contribution in [2.45, 2.75) is 51.5 Å². The highest BCUT2D eigenvalue weighted by molar-refractivity contribution is 5.94. The molecule has 5 nitrogen and oxygen atoms in total. The molecule has 3 amide bonds. The number of unbranched alkanes of at least 4 members (excludes halogenated alkanes) is 3. The van der Waals surface area contributed by atoms with Gasteiger partial charge in [-0.1, -0.05) is 44.4 Å². The minimum Gasteiger partial charge on any atom is -0.349 e. The largest absolute Gasteiger partial charge is 0.349 e. The second kappa shape index (κ2) is 9.96. The van der Waals surface area contributed by atoms with Gasteiger partial charge in [-0.05, 0) is 31.4 Å². The highest BCUT2D eigenvalue weighted by Gasteiger charge is 2.23. The molecular formula is C19H29N3O2. The van der Waals surface area contributed by atoms with Crippen LogP contribution in [0.5, 0.6) is 0 Å². The number of likely N-dealkylation sites (tertiary alicyclic amines) is 1. The summed E-state index contributed by atoms with van der Waals surface area (Å²) in [5.41, 5.74) is 0.685. The van der Waals surface area contributed by atoms with E-state index in [9.17, 15) is 9.59 Å². The Morgan fingerprint density at radius 3 is 2.46 bits per heavy atom. The molecule has 0 bridgehead atoms. The van der Waals surface area contributed by atoms with Gasteiger partial charge in [-0.25, -0.2) is 4.79 Å². The summed E-state index contributed by atoms with van der Waals surface area (Å²) < 4.78 is 0. The Morgan fingerprint density at radius 2 is 1.79 bits per heavy atom. The van der Waals surface area contributed by atoms with E-state index in [-0.39, 0.29) is 18.0 Å². The number of carbonyl (C=O) groups is 2. The number of nitrogens with one attached hydrogen (secondary N) is 2. The van der Waals surface area contributed by atoms with Gasteiger partial charge in [0.15, 0.2) is 0 Å². The zero-order valence-electron chi connectivity index (χ0n) is 14.6. The molecule has 0 radical (unpaired) electrons. The quantitative estimate of drug-likeness (QED) is 0.754. The van der Waals surface area contributed by atoms with Crippen LogP contribution in [0.1, 0.15) is 55.8 Å². The van der Waals surface area contributed by atoms with E-state index in [1.165, 1.54) is 19.3 Å². The molecule has 1 aliphatic rings. The fraction of sp³-hybridized carbons (Fsp3) is 0.579. The summed E-state index contributed by atoms with van der Waals surface area (Å²) in [5.74, 6) is -0.0329. The van der Waals surface area contributed by atoms with Gasteiger partial charge >= 0.3 is 6.03 Å². The van der Waals surface area contributed by atoms with Crippen LogP contribution < -0.4 is 10.6 Å². The van der Waals surface area contributed by atoms with E-state index in [0.717, 1.165) is 25.8 Å². The summed E-state index contributed by atoms with van der Waals surface area (Å²) in [6.07, 6.45) is 6.26. The minimum atomic E-state index is -0.0329. The lowest BCUT2D eigenvalue weighted by molar-refractivity contribution is 0.0918. The predicted molar refractivity (Wildman–Crippen MR) is 96.0 cm³/mol. The summed E-state index contributed by atoms with van der Waals surface area (Å²) in [7, 11) is 0. The highest BCUT2D eigenvalue weighted by Crippen LogP contribution is 2.11. The van der Waals surface area contributed by atoms with Gasteiger partial charge in [-0.15, -0.1) is 0 Å². The minimum absolute atomic E-state index is 0.0272. The Bertz CT molecular complexity index is 511. The van der Waals surface area contributed by atoms with Crippen LogP contribution in [0.4, 0.5) is 4.79 Å². The van der Waals surface area contributed by atoms with Crippen molar-refractivity contribution in [1.29, 1.82) is 0 Å². The topological polar surface area (TPSA) is 61.4 Å². The number of urea groups is 1. The molecule has 1 aliphatic heterocycles. The molecule has 1 heterocycles. The summed E-state index contributed by atoms with van der Waals surface area (Å²) >= 11 is 0. The Balaban J connectivity index is 1.66. The first-order valence-electron chi connectivity index (χ1n) is 9.09. The van der Waals surface area contributed by atoms with Gasteiger partial charge in [-0.2, -0.15) is 0 Å². The van der Waals surface area contributed by atoms with E-state index in [4.69, 9.17) is 0 Å². The fourth-order valence-corrected chi connectivity index (χ4v) is 2.94. The standard InChI is InChI=1S/C19H29N3O2/c1-2-3-4-8-13-20-19(24)22-14-11-17(12-15-22)21-18(23)16-9-6-5-7-10-16/h5-7,9-10,17H,2-4,8,11-15H2,1H3,(H,20,24)(H,21,23). The van der Waals surface area contributed by atoms with Crippen LogP contribution in [0.25, 0.3) is 0 Å². The number of piperidine rings is 1. The summed E-state index contributed by atoms with van der Waals surface area (Å²) in [6, 6.07) is 9.43. The molecule has 1 saturated heterocycles. The molecule has 132 valence electrons. The molecule has 0 unspecified atom stereocenters. The number of amides is 3. The fourth-order valence-electron chi connectivity index (χ4n) is 2.94. The SMILES string of the molecule is CCCCCCNC(=O)N1CCC(NC(=O)c2ccccc2)CC1. The highest BCUT2D eigenvalue weighted by atomic mass is 16.2. The average molecular weight is 331 g/mol. The van der Waals surface area contributed by atoms with Crippen LogP contribution in [0.15, 0.2) is 30.3 Å². The monoisotopic (exact) mass is 331 g/mol. The van der Waals surface area contributed by atoms with Crippen molar-refractivity contribution >= 4 is 11.9 Å². The molecular weight excluding hydrogens is 302 g/mol. The van der Waals surface area contributed by atoms with Crippen LogP contribution >= 0.6 is 0 Å². The predicted octanol–water partition coefficient (Wildman–Crippen LogP) is 3.17. The number of nitrogens with zero attached hydrogens (tertiary/aromatic N) is 1. The maximum Gasteiger partial charge on any atom is 0.317 e. The van der Waals surface area contributed by atoms with Crippen molar-refractivity contribution < 1.29 is 9.59 Å². The van der Waals surface area contributed by atoms with E-state index >= 15 is 0 Å². The molecule has 2 N–H and O–H groups in total. The molecule has 1 aromatic rings. The zero-order valence-corrected chi connectivity index (χ0v) is 14.6.